The molecule has 1 atom stereocenters. The molecule has 0 aromatic heterocycles. The van der Waals surface area contributed by atoms with Gasteiger partial charge in [-0.25, -0.2) is 0 Å². The van der Waals surface area contributed by atoms with Crippen LogP contribution in [0.5, 0.6) is 0 Å². The highest BCUT2D eigenvalue weighted by Crippen LogP contribution is 2.44. The predicted octanol–water partition coefficient (Wildman–Crippen LogP) is 4.13. The highest BCUT2D eigenvalue weighted by Gasteiger charge is 2.43. The van der Waals surface area contributed by atoms with Crippen LogP contribution in [-0.4, -0.2) is 11.6 Å². The second-order valence-corrected chi connectivity index (χ2v) is 6.86. The van der Waals surface area contributed by atoms with Gasteiger partial charge in [0.1, 0.15) is 11.6 Å². The van der Waals surface area contributed by atoms with E-state index in [0.717, 1.165) is 0 Å². The maximum atomic E-state index is 13.2. The Labute approximate surface area is 164 Å². The van der Waals surface area contributed by atoms with Crippen molar-refractivity contribution in [1.29, 1.82) is 5.26 Å². The Bertz CT molecular complexity index is 1140. The lowest BCUT2D eigenvalue weighted by atomic mass is 9.75. The van der Waals surface area contributed by atoms with Crippen molar-refractivity contribution in [3.05, 3.63) is 92.0 Å². The largest absolute Gasteiger partial charge is 0.436 e. The number of nitriles is 1. The van der Waals surface area contributed by atoms with E-state index in [4.69, 9.17) is 33.7 Å². The Hall–Kier alpha value is -3.07. The first kappa shape index (κ1) is 17.3. The molecule has 1 aliphatic carbocycles. The quantitative estimate of drug-likeness (QED) is 0.781. The van der Waals surface area contributed by atoms with Gasteiger partial charge >= 0.3 is 0 Å². The van der Waals surface area contributed by atoms with Gasteiger partial charge in [-0.1, -0.05) is 53.5 Å². The molecule has 27 heavy (non-hydrogen) atoms. The van der Waals surface area contributed by atoms with E-state index >= 15 is 0 Å². The Balaban J connectivity index is 1.99. The lowest BCUT2D eigenvalue weighted by Crippen LogP contribution is -2.32. The normalized spacial score (nSPS) is 18.6. The van der Waals surface area contributed by atoms with Crippen molar-refractivity contribution in [3.63, 3.8) is 0 Å². The average molecular weight is 397 g/mol. The second kappa shape index (κ2) is 6.27. The molecule has 0 fully saturated rings. The monoisotopic (exact) mass is 396 g/mol. The molecule has 0 saturated heterocycles. The zero-order valence-corrected chi connectivity index (χ0v) is 15.1. The van der Waals surface area contributed by atoms with Crippen molar-refractivity contribution in [2.75, 3.05) is 0 Å². The molecule has 1 heterocycles. The van der Waals surface area contributed by atoms with Crippen molar-refractivity contribution < 1.29 is 14.3 Å². The van der Waals surface area contributed by atoms with E-state index in [0.29, 0.717) is 10.6 Å². The lowest BCUT2D eigenvalue weighted by Gasteiger charge is -2.31. The van der Waals surface area contributed by atoms with Crippen LogP contribution in [0.2, 0.25) is 10.0 Å². The molecule has 0 spiro atoms. The molecule has 2 aromatic rings. The van der Waals surface area contributed by atoms with E-state index in [1.807, 2.05) is 6.07 Å². The van der Waals surface area contributed by atoms with Crippen LogP contribution in [0.1, 0.15) is 32.2 Å². The SMILES string of the molecule is N#CC1=C(N)OC2=C(C(=O)c3ccccc3C2=O)[C@H]1c1ccc(Cl)c(Cl)c1. The molecule has 1 aliphatic heterocycles. The summed E-state index contributed by atoms with van der Waals surface area (Å²) in [7, 11) is 0. The zero-order valence-electron chi connectivity index (χ0n) is 13.6. The van der Waals surface area contributed by atoms with Crippen LogP contribution in [-0.2, 0) is 4.74 Å². The van der Waals surface area contributed by atoms with Gasteiger partial charge in [0, 0.05) is 11.1 Å². The Kier molecular flexibility index (Phi) is 4.03. The highest BCUT2D eigenvalue weighted by molar-refractivity contribution is 6.42. The first-order valence-corrected chi connectivity index (χ1v) is 8.64. The molecule has 132 valence electrons. The molecule has 7 heteroatoms. The third-order valence-electron chi connectivity index (χ3n) is 4.56. The number of rotatable bonds is 1. The molecule has 0 amide bonds. The maximum absolute atomic E-state index is 13.2. The number of hydrogen-bond donors (Lipinski definition) is 1. The zero-order chi connectivity index (χ0) is 19.3. The fourth-order valence-corrected chi connectivity index (χ4v) is 3.64. The number of nitrogens with two attached hydrogens (primary N) is 1. The Morgan fingerprint density at radius 2 is 1.67 bits per heavy atom. The molecule has 0 bridgehead atoms. The van der Waals surface area contributed by atoms with Crippen molar-refractivity contribution in [1.82, 2.24) is 0 Å². The fraction of sp³-hybridized carbons (Fsp3) is 0.0500. The van der Waals surface area contributed by atoms with E-state index in [1.54, 1.807) is 42.5 Å². The molecule has 2 aromatic carbocycles. The number of carbonyl (C=O) groups is 2. The van der Waals surface area contributed by atoms with E-state index in [9.17, 15) is 14.9 Å². The van der Waals surface area contributed by atoms with E-state index in [-0.39, 0.29) is 38.9 Å². The summed E-state index contributed by atoms with van der Waals surface area (Å²) in [4.78, 5) is 26.1. The van der Waals surface area contributed by atoms with Crippen LogP contribution in [0.4, 0.5) is 0 Å². The third-order valence-corrected chi connectivity index (χ3v) is 5.30. The first-order chi connectivity index (χ1) is 12.9. The number of Topliss-reactive ketones (excluding diaryl/α,β-unsaturated/α-hetero) is 2. The summed E-state index contributed by atoms with van der Waals surface area (Å²) in [5.41, 5.74) is 7.01. The molecule has 0 saturated carbocycles. The molecule has 0 unspecified atom stereocenters. The predicted molar refractivity (Wildman–Crippen MR) is 99.2 cm³/mol. The molecule has 2 N–H and O–H groups in total. The maximum Gasteiger partial charge on any atom is 0.229 e. The standard InChI is InChI=1S/C20H10Cl2N2O3/c21-13-6-5-9(7-14(13)22)15-12(8-23)20(24)27-19-16(15)17(25)10-3-1-2-4-11(10)18(19)26/h1-7,15H,24H2/t15-/m0/s1. The second-order valence-electron chi connectivity index (χ2n) is 6.04. The van der Waals surface area contributed by atoms with E-state index in [1.165, 1.54) is 0 Å². The molecular formula is C20H10Cl2N2O3. The fourth-order valence-electron chi connectivity index (χ4n) is 3.33. The number of ketones is 2. The number of nitrogens with zero attached hydrogens (tertiary/aromatic N) is 1. The number of ether oxygens (including phenoxy) is 1. The van der Waals surface area contributed by atoms with Crippen LogP contribution in [0.25, 0.3) is 0 Å². The van der Waals surface area contributed by atoms with Gasteiger partial charge in [0.25, 0.3) is 0 Å². The summed E-state index contributed by atoms with van der Waals surface area (Å²) < 4.78 is 5.42. The van der Waals surface area contributed by atoms with Gasteiger partial charge in [-0.2, -0.15) is 5.26 Å². The van der Waals surface area contributed by atoms with Crippen LogP contribution in [0, 0.1) is 11.3 Å². The topological polar surface area (TPSA) is 93.2 Å². The summed E-state index contributed by atoms with van der Waals surface area (Å²) in [6.45, 7) is 0. The van der Waals surface area contributed by atoms with E-state index < -0.39 is 17.5 Å². The summed E-state index contributed by atoms with van der Waals surface area (Å²) >= 11 is 12.1. The van der Waals surface area contributed by atoms with Gasteiger partial charge in [0.05, 0.1) is 21.5 Å². The lowest BCUT2D eigenvalue weighted by molar-refractivity contribution is 0.0897. The van der Waals surface area contributed by atoms with Crippen LogP contribution in [0.15, 0.2) is 65.3 Å². The first-order valence-electron chi connectivity index (χ1n) is 7.89. The number of halogens is 2. The average Bonchev–Trinajstić information content (AvgIpc) is 2.67. The minimum atomic E-state index is -0.877. The Morgan fingerprint density at radius 1 is 1.00 bits per heavy atom. The Morgan fingerprint density at radius 3 is 2.30 bits per heavy atom. The van der Waals surface area contributed by atoms with Crippen molar-refractivity contribution in [3.8, 4) is 6.07 Å². The summed E-state index contributed by atoms with van der Waals surface area (Å²) in [6, 6.07) is 13.2. The van der Waals surface area contributed by atoms with Crippen molar-refractivity contribution in [2.24, 2.45) is 5.73 Å². The molecule has 2 aliphatic rings. The van der Waals surface area contributed by atoms with E-state index in [2.05, 4.69) is 0 Å². The number of hydrogen-bond acceptors (Lipinski definition) is 5. The number of allylic oxidation sites excluding steroid dienone is 3. The van der Waals surface area contributed by atoms with Crippen molar-refractivity contribution in [2.45, 2.75) is 5.92 Å². The minimum absolute atomic E-state index is 0.0349. The smallest absolute Gasteiger partial charge is 0.229 e. The number of benzene rings is 2. The molecule has 5 nitrogen and oxygen atoms in total. The van der Waals surface area contributed by atoms with Gasteiger partial charge in [-0.15, -0.1) is 0 Å². The van der Waals surface area contributed by atoms with Gasteiger partial charge in [-0.3, -0.25) is 9.59 Å². The molecular weight excluding hydrogens is 387 g/mol. The summed E-state index contributed by atoms with van der Waals surface area (Å²) in [5, 5.41) is 10.2. The van der Waals surface area contributed by atoms with Gasteiger partial charge in [0.2, 0.25) is 11.7 Å². The third kappa shape index (κ3) is 2.54. The van der Waals surface area contributed by atoms with Gasteiger partial charge in [0.15, 0.2) is 11.5 Å². The van der Waals surface area contributed by atoms with Crippen LogP contribution in [0.3, 0.4) is 0 Å². The van der Waals surface area contributed by atoms with Crippen LogP contribution >= 0.6 is 23.2 Å². The molecule has 4 rings (SSSR count). The minimum Gasteiger partial charge on any atom is -0.436 e. The summed E-state index contributed by atoms with van der Waals surface area (Å²) in [6.07, 6.45) is 0. The highest BCUT2D eigenvalue weighted by atomic mass is 35.5. The van der Waals surface area contributed by atoms with Crippen LogP contribution < -0.4 is 5.73 Å². The van der Waals surface area contributed by atoms with Gasteiger partial charge in [-0.05, 0) is 17.7 Å². The number of fused-ring (bicyclic) bond motifs is 1. The molecule has 0 radical (unpaired) electrons. The van der Waals surface area contributed by atoms with Crippen molar-refractivity contribution >= 4 is 34.8 Å². The number of carbonyl (C=O) groups excluding carboxylic acids is 2. The van der Waals surface area contributed by atoms with Gasteiger partial charge < -0.3 is 10.5 Å². The summed E-state index contributed by atoms with van der Waals surface area (Å²) in [5.74, 6) is -2.10.